The van der Waals surface area contributed by atoms with Crippen LogP contribution in [0.1, 0.15) is 34.9 Å². The van der Waals surface area contributed by atoms with Gasteiger partial charge in [-0.2, -0.15) is 5.10 Å². The van der Waals surface area contributed by atoms with E-state index in [4.69, 9.17) is 14.3 Å². The monoisotopic (exact) mass is 415 g/mol. The molecule has 2 aliphatic rings. The minimum atomic E-state index is -0.225. The minimum Gasteiger partial charge on any atom is -0.497 e. The zero-order chi connectivity index (χ0) is 21.2. The SMILES string of the molecule is COc1ccc(C2=NN(C(=O)CN3CCc4ccccc4C3)C(c3ccco3)C2)cc1. The number of benzene rings is 2. The van der Waals surface area contributed by atoms with Crippen molar-refractivity contribution in [1.82, 2.24) is 9.91 Å². The molecule has 1 unspecified atom stereocenters. The zero-order valence-corrected chi connectivity index (χ0v) is 17.5. The Morgan fingerprint density at radius 2 is 1.90 bits per heavy atom. The highest BCUT2D eigenvalue weighted by Gasteiger charge is 2.35. The molecule has 6 nitrogen and oxygen atoms in total. The van der Waals surface area contributed by atoms with Crippen molar-refractivity contribution in [2.75, 3.05) is 20.2 Å². The van der Waals surface area contributed by atoms with Crippen molar-refractivity contribution in [3.05, 3.63) is 89.4 Å². The normalized spacial score (nSPS) is 18.5. The van der Waals surface area contributed by atoms with E-state index in [1.807, 2.05) is 36.4 Å². The first-order chi connectivity index (χ1) is 15.2. The van der Waals surface area contributed by atoms with Gasteiger partial charge in [-0.15, -0.1) is 0 Å². The highest BCUT2D eigenvalue weighted by molar-refractivity contribution is 6.03. The second kappa shape index (κ2) is 8.40. The van der Waals surface area contributed by atoms with Crippen LogP contribution in [0.2, 0.25) is 0 Å². The van der Waals surface area contributed by atoms with Crippen LogP contribution in [0.4, 0.5) is 0 Å². The van der Waals surface area contributed by atoms with E-state index in [-0.39, 0.29) is 11.9 Å². The van der Waals surface area contributed by atoms with Crippen LogP contribution in [0.3, 0.4) is 0 Å². The van der Waals surface area contributed by atoms with Crippen molar-refractivity contribution in [3.63, 3.8) is 0 Å². The van der Waals surface area contributed by atoms with Crippen molar-refractivity contribution in [2.45, 2.75) is 25.4 Å². The van der Waals surface area contributed by atoms with Gasteiger partial charge in [-0.05, 0) is 59.5 Å². The van der Waals surface area contributed by atoms with Crippen LogP contribution in [-0.2, 0) is 17.8 Å². The van der Waals surface area contributed by atoms with Crippen molar-refractivity contribution in [1.29, 1.82) is 0 Å². The smallest absolute Gasteiger partial charge is 0.257 e. The van der Waals surface area contributed by atoms with Crippen LogP contribution in [-0.4, -0.2) is 41.7 Å². The fraction of sp³-hybridized carbons (Fsp3) is 0.280. The van der Waals surface area contributed by atoms with Gasteiger partial charge in [-0.25, -0.2) is 5.01 Å². The summed E-state index contributed by atoms with van der Waals surface area (Å²) >= 11 is 0. The zero-order valence-electron chi connectivity index (χ0n) is 17.5. The summed E-state index contributed by atoms with van der Waals surface area (Å²) in [6.45, 7) is 2.00. The van der Waals surface area contributed by atoms with E-state index in [0.717, 1.165) is 42.3 Å². The highest BCUT2D eigenvalue weighted by Crippen LogP contribution is 2.33. The molecule has 0 fully saturated rings. The number of furan rings is 1. The summed E-state index contributed by atoms with van der Waals surface area (Å²) in [5.74, 6) is 1.54. The number of carbonyl (C=O) groups is 1. The molecular weight excluding hydrogens is 390 g/mol. The van der Waals surface area contributed by atoms with E-state index >= 15 is 0 Å². The molecule has 0 aliphatic carbocycles. The topological polar surface area (TPSA) is 58.3 Å². The second-order valence-electron chi connectivity index (χ2n) is 7.98. The maximum absolute atomic E-state index is 13.3. The van der Waals surface area contributed by atoms with Gasteiger partial charge in [0.2, 0.25) is 0 Å². The van der Waals surface area contributed by atoms with Crippen molar-refractivity contribution >= 4 is 11.6 Å². The van der Waals surface area contributed by atoms with Gasteiger partial charge in [-0.3, -0.25) is 9.69 Å². The Morgan fingerprint density at radius 1 is 1.10 bits per heavy atom. The predicted molar refractivity (Wildman–Crippen MR) is 118 cm³/mol. The van der Waals surface area contributed by atoms with Gasteiger partial charge in [0.05, 0.1) is 25.6 Å². The number of hydrogen-bond donors (Lipinski definition) is 0. The van der Waals surface area contributed by atoms with Crippen LogP contribution < -0.4 is 4.74 Å². The summed E-state index contributed by atoms with van der Waals surface area (Å²) in [4.78, 5) is 15.5. The first kappa shape index (κ1) is 19.6. The third-order valence-corrected chi connectivity index (χ3v) is 6.03. The van der Waals surface area contributed by atoms with E-state index < -0.39 is 0 Å². The molecule has 0 saturated carbocycles. The summed E-state index contributed by atoms with van der Waals surface area (Å²) in [5.41, 5.74) is 4.54. The molecule has 1 atom stereocenters. The van der Waals surface area contributed by atoms with E-state index in [2.05, 4.69) is 29.2 Å². The lowest BCUT2D eigenvalue weighted by molar-refractivity contribution is -0.134. The fourth-order valence-electron chi connectivity index (χ4n) is 4.35. The Kier molecular flexibility index (Phi) is 5.30. The number of hydrogen-bond acceptors (Lipinski definition) is 5. The molecule has 6 heteroatoms. The van der Waals surface area contributed by atoms with Crippen molar-refractivity contribution < 1.29 is 13.9 Å². The third kappa shape index (κ3) is 3.99. The molecule has 1 aromatic heterocycles. The number of nitrogens with zero attached hydrogens (tertiary/aromatic N) is 3. The summed E-state index contributed by atoms with van der Waals surface area (Å²) in [6.07, 6.45) is 3.23. The summed E-state index contributed by atoms with van der Waals surface area (Å²) < 4.78 is 10.9. The predicted octanol–water partition coefficient (Wildman–Crippen LogP) is 4.02. The molecular formula is C25H25N3O3. The number of ether oxygens (including phenoxy) is 1. The number of methoxy groups -OCH3 is 1. The fourth-order valence-corrected chi connectivity index (χ4v) is 4.35. The molecule has 2 aliphatic heterocycles. The van der Waals surface area contributed by atoms with Crippen LogP contribution in [0.5, 0.6) is 5.75 Å². The molecule has 0 bridgehead atoms. The number of fused-ring (bicyclic) bond motifs is 1. The lowest BCUT2D eigenvalue weighted by Gasteiger charge is -2.30. The van der Waals surface area contributed by atoms with Gasteiger partial charge in [-0.1, -0.05) is 24.3 Å². The maximum Gasteiger partial charge on any atom is 0.257 e. The molecule has 0 N–H and O–H groups in total. The van der Waals surface area contributed by atoms with Gasteiger partial charge in [0.25, 0.3) is 5.91 Å². The molecule has 2 aromatic carbocycles. The summed E-state index contributed by atoms with van der Waals surface area (Å²) in [7, 11) is 1.65. The Labute approximate surface area is 181 Å². The largest absolute Gasteiger partial charge is 0.497 e. The van der Waals surface area contributed by atoms with Crippen LogP contribution >= 0.6 is 0 Å². The van der Waals surface area contributed by atoms with Gasteiger partial charge in [0, 0.05) is 19.5 Å². The molecule has 3 aromatic rings. The van der Waals surface area contributed by atoms with E-state index in [1.54, 1.807) is 18.4 Å². The average Bonchev–Trinajstić information content (AvgIpc) is 3.49. The first-order valence-corrected chi connectivity index (χ1v) is 10.6. The molecule has 0 radical (unpaired) electrons. The molecule has 158 valence electrons. The molecule has 3 heterocycles. The lowest BCUT2D eigenvalue weighted by atomic mass is 10.00. The number of rotatable bonds is 5. The number of amides is 1. The van der Waals surface area contributed by atoms with Crippen LogP contribution in [0, 0.1) is 0 Å². The molecule has 5 rings (SSSR count). The molecule has 0 spiro atoms. The number of carbonyl (C=O) groups excluding carboxylic acids is 1. The Balaban J connectivity index is 1.36. The highest BCUT2D eigenvalue weighted by atomic mass is 16.5. The number of hydrazone groups is 1. The van der Waals surface area contributed by atoms with Crippen LogP contribution in [0.15, 0.2) is 76.4 Å². The summed E-state index contributed by atoms with van der Waals surface area (Å²) in [6, 6.07) is 19.8. The summed E-state index contributed by atoms with van der Waals surface area (Å²) in [5, 5.41) is 6.34. The minimum absolute atomic E-state index is 0.00991. The Hall–Kier alpha value is -3.38. The van der Waals surface area contributed by atoms with E-state index in [9.17, 15) is 4.79 Å². The Morgan fingerprint density at radius 3 is 2.65 bits per heavy atom. The van der Waals surface area contributed by atoms with Crippen molar-refractivity contribution in [2.24, 2.45) is 5.10 Å². The standard InChI is InChI=1S/C25H25N3O3/c1-30-21-10-8-19(9-11-21)22-15-23(24-7-4-14-31-24)28(26-22)25(29)17-27-13-12-18-5-2-3-6-20(18)16-27/h2-11,14,23H,12-13,15-17H2,1H3. The van der Waals surface area contributed by atoms with E-state index in [1.165, 1.54) is 11.1 Å². The van der Waals surface area contributed by atoms with Crippen molar-refractivity contribution in [3.8, 4) is 5.75 Å². The van der Waals surface area contributed by atoms with Gasteiger partial charge >= 0.3 is 0 Å². The third-order valence-electron chi connectivity index (χ3n) is 6.03. The molecule has 1 amide bonds. The van der Waals surface area contributed by atoms with Gasteiger partial charge in [0.15, 0.2) is 0 Å². The van der Waals surface area contributed by atoms with Gasteiger partial charge < -0.3 is 9.15 Å². The van der Waals surface area contributed by atoms with Crippen LogP contribution in [0.25, 0.3) is 0 Å². The maximum atomic E-state index is 13.3. The molecule has 0 saturated heterocycles. The lowest BCUT2D eigenvalue weighted by Crippen LogP contribution is -2.40. The van der Waals surface area contributed by atoms with E-state index in [0.29, 0.717) is 13.0 Å². The second-order valence-corrected chi connectivity index (χ2v) is 7.98. The Bertz CT molecular complexity index is 1090. The van der Waals surface area contributed by atoms with Gasteiger partial charge in [0.1, 0.15) is 17.6 Å². The molecule has 31 heavy (non-hydrogen) atoms. The first-order valence-electron chi connectivity index (χ1n) is 10.6. The average molecular weight is 415 g/mol. The quantitative estimate of drug-likeness (QED) is 0.632.